The fourth-order valence-corrected chi connectivity index (χ4v) is 3.44. The van der Waals surface area contributed by atoms with E-state index in [1.165, 1.54) is 12.1 Å². The van der Waals surface area contributed by atoms with E-state index in [4.69, 9.17) is 0 Å². The summed E-state index contributed by atoms with van der Waals surface area (Å²) in [4.78, 5) is 16.7. The Hall–Kier alpha value is -1.42. The van der Waals surface area contributed by atoms with Crippen LogP contribution in [0.4, 0.5) is 4.39 Å². The van der Waals surface area contributed by atoms with Crippen molar-refractivity contribution < 1.29 is 9.18 Å². The van der Waals surface area contributed by atoms with E-state index in [1.54, 1.807) is 6.07 Å². The number of fused-ring (bicyclic) bond motifs is 2. The van der Waals surface area contributed by atoms with Crippen LogP contribution in [-0.2, 0) is 11.3 Å². The number of piperazine rings is 1. The monoisotopic (exact) mass is 276 g/mol. The molecule has 4 heteroatoms. The largest absolute Gasteiger partial charge is 0.333 e. The highest BCUT2D eigenvalue weighted by atomic mass is 19.1. The Balaban J connectivity index is 1.68. The summed E-state index contributed by atoms with van der Waals surface area (Å²) in [7, 11) is 0. The Kier molecular flexibility index (Phi) is 3.50. The number of rotatable bonds is 4. The summed E-state index contributed by atoms with van der Waals surface area (Å²) < 4.78 is 13.2. The van der Waals surface area contributed by atoms with Crippen LogP contribution in [0.5, 0.6) is 0 Å². The molecule has 0 saturated carbocycles. The zero-order valence-electron chi connectivity index (χ0n) is 12.1. The molecule has 2 saturated heterocycles. The second kappa shape index (κ2) is 5.17. The van der Waals surface area contributed by atoms with E-state index >= 15 is 0 Å². The van der Waals surface area contributed by atoms with Crippen molar-refractivity contribution in [2.45, 2.75) is 38.9 Å². The summed E-state index contributed by atoms with van der Waals surface area (Å²) in [6, 6.07) is 6.89. The number of carbonyl (C=O) groups excluding carboxylic acids is 1. The molecule has 2 bridgehead atoms. The molecule has 0 radical (unpaired) electrons. The number of hydrogen-bond acceptors (Lipinski definition) is 2. The molecular formula is C16H21FN2O. The maximum absolute atomic E-state index is 13.2. The Labute approximate surface area is 119 Å². The number of hydrogen-bond donors (Lipinski definition) is 0. The minimum Gasteiger partial charge on any atom is -0.333 e. The summed E-state index contributed by atoms with van der Waals surface area (Å²) in [5.41, 5.74) is 0.876. The van der Waals surface area contributed by atoms with Crippen LogP contribution in [0.2, 0.25) is 0 Å². The number of amides is 1. The van der Waals surface area contributed by atoms with Gasteiger partial charge < -0.3 is 4.90 Å². The molecule has 3 nitrogen and oxygen atoms in total. The van der Waals surface area contributed by atoms with Crippen LogP contribution in [0.1, 0.15) is 25.8 Å². The van der Waals surface area contributed by atoms with Gasteiger partial charge in [-0.1, -0.05) is 26.0 Å². The van der Waals surface area contributed by atoms with Crippen LogP contribution < -0.4 is 0 Å². The fraction of sp³-hybridized carbons (Fsp3) is 0.562. The normalized spacial score (nSPS) is 26.0. The zero-order chi connectivity index (χ0) is 14.3. The van der Waals surface area contributed by atoms with E-state index in [-0.39, 0.29) is 17.8 Å². The van der Waals surface area contributed by atoms with Crippen LogP contribution in [0.25, 0.3) is 0 Å². The molecule has 0 N–H and O–H groups in total. The summed E-state index contributed by atoms with van der Waals surface area (Å²) in [6.45, 7) is 6.85. The summed E-state index contributed by atoms with van der Waals surface area (Å²) >= 11 is 0. The molecule has 1 aromatic rings. The number of carbonyl (C=O) groups is 1. The van der Waals surface area contributed by atoms with Gasteiger partial charge in [-0.05, 0) is 30.0 Å². The summed E-state index contributed by atoms with van der Waals surface area (Å²) in [6.07, 6.45) is 0.931. The molecule has 2 aliphatic heterocycles. The Morgan fingerprint density at radius 2 is 2.20 bits per heavy atom. The van der Waals surface area contributed by atoms with E-state index in [2.05, 4.69) is 18.7 Å². The number of halogens is 1. The smallest absolute Gasteiger partial charge is 0.240 e. The first kappa shape index (κ1) is 13.6. The average Bonchev–Trinajstić information content (AvgIpc) is 2.89. The molecule has 1 amide bonds. The Morgan fingerprint density at radius 3 is 2.85 bits per heavy atom. The topological polar surface area (TPSA) is 23.6 Å². The van der Waals surface area contributed by atoms with Gasteiger partial charge in [0.15, 0.2) is 0 Å². The van der Waals surface area contributed by atoms with Crippen molar-refractivity contribution in [3.63, 3.8) is 0 Å². The molecule has 2 aliphatic rings. The van der Waals surface area contributed by atoms with E-state index in [0.29, 0.717) is 18.5 Å². The first-order valence-corrected chi connectivity index (χ1v) is 7.33. The van der Waals surface area contributed by atoms with Crippen molar-refractivity contribution in [1.29, 1.82) is 0 Å². The van der Waals surface area contributed by atoms with Crippen LogP contribution in [-0.4, -0.2) is 40.9 Å². The Bertz CT molecular complexity index is 517. The van der Waals surface area contributed by atoms with E-state index in [1.807, 2.05) is 11.0 Å². The molecule has 20 heavy (non-hydrogen) atoms. The molecule has 108 valence electrons. The third kappa shape index (κ3) is 2.44. The molecular weight excluding hydrogens is 255 g/mol. The van der Waals surface area contributed by atoms with Gasteiger partial charge in [-0.15, -0.1) is 0 Å². The van der Waals surface area contributed by atoms with E-state index in [0.717, 1.165) is 25.1 Å². The zero-order valence-corrected chi connectivity index (χ0v) is 12.1. The Morgan fingerprint density at radius 1 is 1.40 bits per heavy atom. The van der Waals surface area contributed by atoms with Gasteiger partial charge in [-0.25, -0.2) is 4.39 Å². The van der Waals surface area contributed by atoms with Gasteiger partial charge in [-0.3, -0.25) is 9.69 Å². The van der Waals surface area contributed by atoms with Gasteiger partial charge in [0, 0.05) is 25.7 Å². The molecule has 0 aromatic heterocycles. The number of benzene rings is 1. The van der Waals surface area contributed by atoms with Crippen molar-refractivity contribution in [2.24, 2.45) is 5.92 Å². The van der Waals surface area contributed by atoms with Gasteiger partial charge in [0.1, 0.15) is 5.82 Å². The molecule has 2 heterocycles. The van der Waals surface area contributed by atoms with Crippen LogP contribution in [0, 0.1) is 11.7 Å². The first-order valence-electron chi connectivity index (χ1n) is 7.33. The molecule has 1 aromatic carbocycles. The highest BCUT2D eigenvalue weighted by Crippen LogP contribution is 2.33. The molecule has 3 rings (SSSR count). The van der Waals surface area contributed by atoms with Gasteiger partial charge in [0.25, 0.3) is 0 Å². The molecule has 0 aliphatic carbocycles. The van der Waals surface area contributed by atoms with E-state index < -0.39 is 0 Å². The first-order chi connectivity index (χ1) is 9.54. The van der Waals surface area contributed by atoms with Gasteiger partial charge in [0.05, 0.1) is 6.04 Å². The highest BCUT2D eigenvalue weighted by molar-refractivity contribution is 5.85. The van der Waals surface area contributed by atoms with Gasteiger partial charge in [0.2, 0.25) is 5.91 Å². The van der Waals surface area contributed by atoms with Crippen LogP contribution in [0.15, 0.2) is 24.3 Å². The maximum atomic E-state index is 13.2. The van der Waals surface area contributed by atoms with Crippen LogP contribution in [0.3, 0.4) is 0 Å². The SMILES string of the molecule is CC(C)CN1CC2C[C@H]1C(=O)N2Cc1cccc(F)c1. The second-order valence-corrected chi connectivity index (χ2v) is 6.35. The highest BCUT2D eigenvalue weighted by Gasteiger charge is 2.49. The van der Waals surface area contributed by atoms with E-state index in [9.17, 15) is 9.18 Å². The second-order valence-electron chi connectivity index (χ2n) is 6.35. The molecule has 2 fully saturated rings. The fourth-order valence-electron chi connectivity index (χ4n) is 3.44. The van der Waals surface area contributed by atoms with Crippen molar-refractivity contribution in [2.75, 3.05) is 13.1 Å². The van der Waals surface area contributed by atoms with Gasteiger partial charge in [-0.2, -0.15) is 0 Å². The average molecular weight is 276 g/mol. The van der Waals surface area contributed by atoms with Crippen molar-refractivity contribution in [3.05, 3.63) is 35.6 Å². The predicted molar refractivity (Wildman–Crippen MR) is 75.6 cm³/mol. The molecule has 0 spiro atoms. The number of likely N-dealkylation sites (tertiary alicyclic amines) is 2. The minimum atomic E-state index is -0.235. The maximum Gasteiger partial charge on any atom is 0.240 e. The summed E-state index contributed by atoms with van der Waals surface area (Å²) in [5.74, 6) is 0.561. The molecule has 1 unspecified atom stereocenters. The lowest BCUT2D eigenvalue weighted by atomic mass is 10.1. The lowest BCUT2D eigenvalue weighted by Crippen LogP contribution is -2.50. The van der Waals surface area contributed by atoms with Crippen LogP contribution >= 0.6 is 0 Å². The third-order valence-electron chi connectivity index (χ3n) is 4.23. The predicted octanol–water partition coefficient (Wildman–Crippen LogP) is 2.27. The number of nitrogens with zero attached hydrogens (tertiary/aromatic N) is 2. The van der Waals surface area contributed by atoms with Gasteiger partial charge >= 0.3 is 0 Å². The third-order valence-corrected chi connectivity index (χ3v) is 4.23. The minimum absolute atomic E-state index is 0.0518. The van der Waals surface area contributed by atoms with Crippen molar-refractivity contribution >= 4 is 5.91 Å². The quantitative estimate of drug-likeness (QED) is 0.842. The van der Waals surface area contributed by atoms with Crippen molar-refractivity contribution in [3.8, 4) is 0 Å². The lowest BCUT2D eigenvalue weighted by molar-refractivity contribution is -0.137. The molecule has 2 atom stereocenters. The lowest BCUT2D eigenvalue weighted by Gasteiger charge is -2.34. The standard InChI is InChI=1S/C16H21FN2O/c1-11(2)8-18-10-14-7-15(18)16(20)19(14)9-12-4-3-5-13(17)6-12/h3-6,11,14-15H,7-10H2,1-2H3/t14?,15-/m0/s1. The summed E-state index contributed by atoms with van der Waals surface area (Å²) in [5, 5.41) is 0. The van der Waals surface area contributed by atoms with Crippen molar-refractivity contribution in [1.82, 2.24) is 9.80 Å².